The molecule has 0 aliphatic carbocycles. The van der Waals surface area contributed by atoms with Gasteiger partial charge < -0.3 is 15.0 Å². The average Bonchev–Trinajstić information content (AvgIpc) is 2.49. The lowest BCUT2D eigenvalue weighted by Gasteiger charge is -2.19. The fourth-order valence-electron chi connectivity index (χ4n) is 1.78. The lowest BCUT2D eigenvalue weighted by atomic mass is 10.4. The monoisotopic (exact) mass is 360 g/mol. The number of hydrogen-bond donors (Lipinski definition) is 1. The number of likely N-dealkylation sites (N-methyl/N-ethyl adjacent to an activating group) is 1. The van der Waals surface area contributed by atoms with E-state index >= 15 is 0 Å². The zero-order valence-electron chi connectivity index (χ0n) is 12.6. The molecule has 0 aromatic carbocycles. The maximum atomic E-state index is 12.0. The number of carbonyl (C=O) groups is 1. The molecule has 1 rings (SSSR count). The first-order valence-corrected chi connectivity index (χ1v) is 7.60. The highest BCUT2D eigenvalue weighted by molar-refractivity contribution is 9.10. The summed E-state index contributed by atoms with van der Waals surface area (Å²) in [5.41, 5.74) is 0.251. The van der Waals surface area contributed by atoms with Gasteiger partial charge in [0.2, 0.25) is 5.91 Å². The lowest BCUT2D eigenvalue weighted by molar-refractivity contribution is -0.128. The van der Waals surface area contributed by atoms with Gasteiger partial charge in [-0.1, -0.05) is 0 Å². The number of ether oxygens (including phenoxy) is 1. The van der Waals surface area contributed by atoms with Crippen LogP contribution in [-0.2, 0) is 16.1 Å². The highest BCUT2D eigenvalue weighted by Crippen LogP contribution is 2.15. The molecule has 118 valence electrons. The van der Waals surface area contributed by atoms with Crippen molar-refractivity contribution in [1.29, 1.82) is 0 Å². The maximum Gasteiger partial charge on any atom is 0.283 e. The smallest absolute Gasteiger partial charge is 0.283 e. The Morgan fingerprint density at radius 2 is 2.14 bits per heavy atom. The van der Waals surface area contributed by atoms with Gasteiger partial charge in [-0.2, -0.15) is 5.10 Å². The molecule has 7 nitrogen and oxygen atoms in total. The van der Waals surface area contributed by atoms with E-state index in [1.807, 2.05) is 13.8 Å². The second-order valence-electron chi connectivity index (χ2n) is 4.31. The molecule has 1 aromatic heterocycles. The minimum Gasteiger partial charge on any atom is -0.383 e. The first-order valence-electron chi connectivity index (χ1n) is 6.81. The molecule has 0 radical (unpaired) electrons. The van der Waals surface area contributed by atoms with Gasteiger partial charge in [0.1, 0.15) is 4.47 Å². The molecule has 0 spiro atoms. The third-order valence-electron chi connectivity index (χ3n) is 3.04. The van der Waals surface area contributed by atoms with Crippen molar-refractivity contribution >= 4 is 27.5 Å². The molecule has 0 saturated heterocycles. The fraction of sp³-hybridized carbons (Fsp3) is 0.615. The summed E-state index contributed by atoms with van der Waals surface area (Å²) in [6.07, 6.45) is 1.52. The van der Waals surface area contributed by atoms with E-state index in [0.29, 0.717) is 36.4 Å². The summed E-state index contributed by atoms with van der Waals surface area (Å²) in [6.45, 7) is 6.10. The molecule has 0 atom stereocenters. The minimum absolute atomic E-state index is 0.0181. The number of nitrogens with zero attached hydrogens (tertiary/aromatic N) is 3. The largest absolute Gasteiger partial charge is 0.383 e. The van der Waals surface area contributed by atoms with Crippen molar-refractivity contribution in [2.24, 2.45) is 0 Å². The SMILES string of the molecule is CCN(CC)C(=O)CNc1cnn(CCOC)c(=O)c1Br. The molecule has 1 amide bonds. The van der Waals surface area contributed by atoms with Gasteiger partial charge in [0.25, 0.3) is 5.56 Å². The van der Waals surface area contributed by atoms with Crippen LogP contribution in [0, 0.1) is 0 Å². The Labute approximate surface area is 132 Å². The topological polar surface area (TPSA) is 76.5 Å². The first-order chi connectivity index (χ1) is 10.0. The van der Waals surface area contributed by atoms with Gasteiger partial charge in [-0.05, 0) is 29.8 Å². The van der Waals surface area contributed by atoms with Gasteiger partial charge >= 0.3 is 0 Å². The fourth-order valence-corrected chi connectivity index (χ4v) is 2.23. The Kier molecular flexibility index (Phi) is 7.38. The minimum atomic E-state index is -0.257. The van der Waals surface area contributed by atoms with Crippen molar-refractivity contribution in [3.05, 3.63) is 21.0 Å². The van der Waals surface area contributed by atoms with Crippen LogP contribution in [0.2, 0.25) is 0 Å². The Morgan fingerprint density at radius 1 is 1.48 bits per heavy atom. The van der Waals surface area contributed by atoms with Gasteiger partial charge in [0, 0.05) is 20.2 Å². The number of aromatic nitrogens is 2. The van der Waals surface area contributed by atoms with Crippen LogP contribution < -0.4 is 10.9 Å². The Hall–Kier alpha value is -1.41. The number of nitrogens with one attached hydrogen (secondary N) is 1. The molecule has 1 aromatic rings. The number of carbonyl (C=O) groups excluding carboxylic acids is 1. The summed E-state index contributed by atoms with van der Waals surface area (Å²) < 4.78 is 6.59. The molecule has 0 bridgehead atoms. The third kappa shape index (κ3) is 4.82. The summed E-state index contributed by atoms with van der Waals surface area (Å²) in [6, 6.07) is 0. The standard InChI is InChI=1S/C13H21BrN4O3/c1-4-17(5-2)11(19)9-15-10-8-16-18(6-7-21-3)13(20)12(10)14/h8,15H,4-7,9H2,1-3H3. The normalized spacial score (nSPS) is 10.5. The number of hydrogen-bond acceptors (Lipinski definition) is 5. The van der Waals surface area contributed by atoms with Crippen molar-refractivity contribution < 1.29 is 9.53 Å². The van der Waals surface area contributed by atoms with Crippen LogP contribution in [0.5, 0.6) is 0 Å². The Bertz CT molecular complexity index is 529. The maximum absolute atomic E-state index is 12.0. The number of anilines is 1. The van der Waals surface area contributed by atoms with Crippen LogP contribution in [0.3, 0.4) is 0 Å². The second kappa shape index (κ2) is 8.78. The van der Waals surface area contributed by atoms with Gasteiger partial charge in [-0.3, -0.25) is 9.59 Å². The van der Waals surface area contributed by atoms with Crippen LogP contribution in [0.4, 0.5) is 5.69 Å². The number of halogens is 1. The molecular weight excluding hydrogens is 340 g/mol. The van der Waals surface area contributed by atoms with Crippen molar-refractivity contribution in [3.8, 4) is 0 Å². The summed E-state index contributed by atoms with van der Waals surface area (Å²) in [7, 11) is 1.56. The molecule has 8 heteroatoms. The molecule has 0 aliphatic heterocycles. The van der Waals surface area contributed by atoms with Crippen molar-refractivity contribution in [1.82, 2.24) is 14.7 Å². The Morgan fingerprint density at radius 3 is 2.71 bits per heavy atom. The second-order valence-corrected chi connectivity index (χ2v) is 5.11. The van der Waals surface area contributed by atoms with Crippen LogP contribution in [0.1, 0.15) is 13.8 Å². The average molecular weight is 361 g/mol. The highest BCUT2D eigenvalue weighted by atomic mass is 79.9. The summed E-state index contributed by atoms with van der Waals surface area (Å²) in [5, 5.41) is 6.99. The van der Waals surface area contributed by atoms with E-state index in [-0.39, 0.29) is 18.0 Å². The van der Waals surface area contributed by atoms with Crippen molar-refractivity contribution in [2.45, 2.75) is 20.4 Å². The lowest BCUT2D eigenvalue weighted by Crippen LogP contribution is -2.35. The molecule has 1 heterocycles. The molecule has 21 heavy (non-hydrogen) atoms. The van der Waals surface area contributed by atoms with E-state index in [0.717, 1.165) is 0 Å². The van der Waals surface area contributed by atoms with Crippen molar-refractivity contribution in [2.75, 3.05) is 38.7 Å². The van der Waals surface area contributed by atoms with E-state index < -0.39 is 0 Å². The van der Waals surface area contributed by atoms with Gasteiger partial charge in [-0.15, -0.1) is 0 Å². The van der Waals surface area contributed by atoms with Gasteiger partial charge in [0.15, 0.2) is 0 Å². The Balaban J connectivity index is 2.75. The summed E-state index contributed by atoms with van der Waals surface area (Å²) >= 11 is 3.24. The zero-order chi connectivity index (χ0) is 15.8. The number of rotatable bonds is 8. The van der Waals surface area contributed by atoms with Crippen LogP contribution in [0.25, 0.3) is 0 Å². The van der Waals surface area contributed by atoms with Crippen LogP contribution >= 0.6 is 15.9 Å². The van der Waals surface area contributed by atoms with E-state index in [2.05, 4.69) is 26.3 Å². The highest BCUT2D eigenvalue weighted by Gasteiger charge is 2.12. The molecule has 0 saturated carbocycles. The molecule has 1 N–H and O–H groups in total. The summed E-state index contributed by atoms with van der Waals surface area (Å²) in [4.78, 5) is 25.7. The summed E-state index contributed by atoms with van der Waals surface area (Å²) in [5.74, 6) is -0.0181. The predicted octanol–water partition coefficient (Wildman–Crippen LogP) is 0.932. The van der Waals surface area contributed by atoms with E-state index in [1.54, 1.807) is 12.0 Å². The van der Waals surface area contributed by atoms with Gasteiger partial charge in [0.05, 0.1) is 31.6 Å². The zero-order valence-corrected chi connectivity index (χ0v) is 14.1. The van der Waals surface area contributed by atoms with Crippen LogP contribution in [0.15, 0.2) is 15.5 Å². The first kappa shape index (κ1) is 17.6. The van der Waals surface area contributed by atoms with E-state index in [4.69, 9.17) is 4.74 Å². The van der Waals surface area contributed by atoms with E-state index in [1.165, 1.54) is 10.9 Å². The van der Waals surface area contributed by atoms with Crippen molar-refractivity contribution in [3.63, 3.8) is 0 Å². The molecular formula is C13H21BrN4O3. The molecule has 0 unspecified atom stereocenters. The molecule has 0 aliphatic rings. The quantitative estimate of drug-likeness (QED) is 0.746. The molecule has 0 fully saturated rings. The van der Waals surface area contributed by atoms with Crippen LogP contribution in [-0.4, -0.2) is 53.9 Å². The third-order valence-corrected chi connectivity index (χ3v) is 3.80. The van der Waals surface area contributed by atoms with E-state index in [9.17, 15) is 9.59 Å². The predicted molar refractivity (Wildman–Crippen MR) is 84.5 cm³/mol. The number of methoxy groups -OCH3 is 1. The van der Waals surface area contributed by atoms with Gasteiger partial charge in [-0.25, -0.2) is 4.68 Å². The number of amides is 1.